The molecule has 1 aliphatic heterocycles. The van der Waals surface area contributed by atoms with E-state index in [0.717, 1.165) is 51.4 Å². The van der Waals surface area contributed by atoms with Crippen LogP contribution in [0, 0.1) is 23.7 Å². The molecule has 0 aromatic rings. The van der Waals surface area contributed by atoms with Gasteiger partial charge in [-0.05, 0) is 31.1 Å². The minimum atomic E-state index is -0.734. The molecule has 0 amide bonds. The average Bonchev–Trinajstić information content (AvgIpc) is 2.94. The molecule has 1 aliphatic carbocycles. The van der Waals surface area contributed by atoms with Crippen LogP contribution in [0.4, 0.5) is 0 Å². The second kappa shape index (κ2) is 11.3. The molecule has 0 aromatic carbocycles. The van der Waals surface area contributed by atoms with Crippen molar-refractivity contribution in [2.24, 2.45) is 23.7 Å². The third kappa shape index (κ3) is 6.47. The maximum atomic E-state index is 12.3. The van der Waals surface area contributed by atoms with E-state index in [2.05, 4.69) is 19.1 Å². The molecule has 0 bridgehead atoms. The van der Waals surface area contributed by atoms with E-state index in [1.165, 1.54) is 19.3 Å². The molecule has 0 spiro atoms. The number of ether oxygens (including phenoxy) is 1. The summed E-state index contributed by atoms with van der Waals surface area (Å²) in [5.41, 5.74) is 0. The van der Waals surface area contributed by atoms with Gasteiger partial charge in [-0.3, -0.25) is 14.4 Å². The highest BCUT2D eigenvalue weighted by Crippen LogP contribution is 2.44. The molecule has 1 heterocycles. The third-order valence-corrected chi connectivity index (χ3v) is 5.98. The topological polar surface area (TPSA) is 80.7 Å². The number of allylic oxidation sites excluding steroid dienone is 2. The van der Waals surface area contributed by atoms with Gasteiger partial charge in [-0.25, -0.2) is 0 Å². The highest BCUT2D eigenvalue weighted by atomic mass is 16.6. The van der Waals surface area contributed by atoms with E-state index in [1.54, 1.807) is 0 Å². The largest absolute Gasteiger partial charge is 0.481 e. The van der Waals surface area contributed by atoms with Crippen molar-refractivity contribution in [2.75, 3.05) is 0 Å². The molecule has 0 aromatic heterocycles. The van der Waals surface area contributed by atoms with Gasteiger partial charge in [-0.2, -0.15) is 0 Å². The summed E-state index contributed by atoms with van der Waals surface area (Å²) in [7, 11) is 0. The number of aliphatic carboxylic acids is 1. The van der Waals surface area contributed by atoms with Crippen LogP contribution < -0.4 is 0 Å². The molecular weight excluding hydrogens is 344 g/mol. The van der Waals surface area contributed by atoms with Gasteiger partial charge in [0, 0.05) is 6.42 Å². The van der Waals surface area contributed by atoms with Crippen LogP contribution in [0.15, 0.2) is 12.2 Å². The maximum Gasteiger partial charge on any atom is 0.318 e. The summed E-state index contributed by atoms with van der Waals surface area (Å²) in [5.74, 6) is -1.75. The van der Waals surface area contributed by atoms with Gasteiger partial charge < -0.3 is 9.84 Å². The molecule has 4 atom stereocenters. The quantitative estimate of drug-likeness (QED) is 0.214. The van der Waals surface area contributed by atoms with Crippen LogP contribution >= 0.6 is 0 Å². The molecule has 5 heteroatoms. The second-order valence-corrected chi connectivity index (χ2v) is 8.05. The Bertz CT molecular complexity index is 539. The van der Waals surface area contributed by atoms with Gasteiger partial charge in [-0.1, -0.05) is 70.4 Å². The van der Waals surface area contributed by atoms with Crippen molar-refractivity contribution in [1.82, 2.24) is 0 Å². The molecule has 5 nitrogen and oxygen atoms in total. The van der Waals surface area contributed by atoms with Crippen molar-refractivity contribution >= 4 is 17.9 Å². The van der Waals surface area contributed by atoms with Crippen molar-refractivity contribution < 1.29 is 24.2 Å². The first-order chi connectivity index (χ1) is 13.0. The predicted molar refractivity (Wildman–Crippen MR) is 103 cm³/mol. The summed E-state index contributed by atoms with van der Waals surface area (Å²) >= 11 is 0. The van der Waals surface area contributed by atoms with Crippen LogP contribution in [0.3, 0.4) is 0 Å². The summed E-state index contributed by atoms with van der Waals surface area (Å²) in [6.45, 7) is 2.18. The van der Waals surface area contributed by atoms with Crippen molar-refractivity contribution in [3.8, 4) is 0 Å². The van der Waals surface area contributed by atoms with Crippen LogP contribution in [0.2, 0.25) is 0 Å². The Morgan fingerprint density at radius 3 is 1.85 bits per heavy atom. The van der Waals surface area contributed by atoms with Crippen molar-refractivity contribution in [3.05, 3.63) is 12.2 Å². The normalized spacial score (nSPS) is 26.9. The maximum absolute atomic E-state index is 12.3. The molecule has 1 fully saturated rings. The zero-order valence-corrected chi connectivity index (χ0v) is 16.5. The molecule has 27 heavy (non-hydrogen) atoms. The lowest BCUT2D eigenvalue weighted by atomic mass is 9.69. The summed E-state index contributed by atoms with van der Waals surface area (Å²) in [4.78, 5) is 35.0. The predicted octanol–water partition coefficient (Wildman–Crippen LogP) is 4.89. The van der Waals surface area contributed by atoms with Gasteiger partial charge in [-0.15, -0.1) is 0 Å². The summed E-state index contributed by atoms with van der Waals surface area (Å²) in [6.07, 6.45) is 15.7. The van der Waals surface area contributed by atoms with Crippen molar-refractivity contribution in [3.63, 3.8) is 0 Å². The van der Waals surface area contributed by atoms with Gasteiger partial charge in [0.05, 0.1) is 11.8 Å². The third-order valence-electron chi connectivity index (χ3n) is 5.98. The average molecular weight is 379 g/mol. The fourth-order valence-corrected chi connectivity index (χ4v) is 4.48. The van der Waals surface area contributed by atoms with Crippen LogP contribution in [0.25, 0.3) is 0 Å². The number of esters is 2. The Kier molecular flexibility index (Phi) is 9.02. The lowest BCUT2D eigenvalue weighted by Crippen LogP contribution is -2.33. The van der Waals surface area contributed by atoms with Crippen LogP contribution in [0.1, 0.15) is 84.0 Å². The standard InChI is InChI=1S/C22H34O5/c1-2-3-4-8-11-16-14-15-17(20-19(16)21(25)27-22(20)26)12-9-6-5-7-10-13-18(23)24/h14-17,19-20H,2-13H2,1H3,(H,23,24)/t16-,17+,19-,20-/m1/s1. The first kappa shape index (κ1) is 21.6. The lowest BCUT2D eigenvalue weighted by molar-refractivity contribution is -0.154. The number of rotatable bonds is 13. The Balaban J connectivity index is 1.80. The van der Waals surface area contributed by atoms with Gasteiger partial charge in [0.1, 0.15) is 0 Å². The van der Waals surface area contributed by atoms with Gasteiger partial charge in [0.15, 0.2) is 0 Å². The van der Waals surface area contributed by atoms with Gasteiger partial charge >= 0.3 is 17.9 Å². The minimum absolute atomic E-state index is 0.0971. The lowest BCUT2D eigenvalue weighted by Gasteiger charge is -2.31. The Morgan fingerprint density at radius 1 is 0.852 bits per heavy atom. The Morgan fingerprint density at radius 2 is 1.33 bits per heavy atom. The number of carbonyl (C=O) groups is 3. The number of fused-ring (bicyclic) bond motifs is 1. The molecule has 1 saturated heterocycles. The minimum Gasteiger partial charge on any atom is -0.481 e. The van der Waals surface area contributed by atoms with Crippen LogP contribution in [0.5, 0.6) is 0 Å². The molecule has 152 valence electrons. The highest BCUT2D eigenvalue weighted by Gasteiger charge is 2.51. The number of carboxylic acids is 1. The van der Waals surface area contributed by atoms with Crippen molar-refractivity contribution in [1.29, 1.82) is 0 Å². The number of cyclic esters (lactones) is 2. The highest BCUT2D eigenvalue weighted by molar-refractivity contribution is 5.97. The SMILES string of the molecule is CCCCCC[C@@H]1C=C[C@H](CCCCCCCC(=O)O)[C@H]2C(=O)OC(=O)[C@@H]21. The Hall–Kier alpha value is -1.65. The van der Waals surface area contributed by atoms with Crippen LogP contribution in [-0.2, 0) is 19.1 Å². The number of hydrogen-bond acceptors (Lipinski definition) is 4. The van der Waals surface area contributed by atoms with E-state index in [4.69, 9.17) is 9.84 Å². The monoisotopic (exact) mass is 378 g/mol. The summed E-state index contributed by atoms with van der Waals surface area (Å²) in [5, 5.41) is 8.64. The summed E-state index contributed by atoms with van der Waals surface area (Å²) in [6, 6.07) is 0. The van der Waals surface area contributed by atoms with E-state index < -0.39 is 5.97 Å². The molecule has 0 saturated carbocycles. The zero-order chi connectivity index (χ0) is 19.6. The fraction of sp³-hybridized carbons (Fsp3) is 0.773. The molecule has 0 unspecified atom stereocenters. The smallest absolute Gasteiger partial charge is 0.318 e. The van der Waals surface area contributed by atoms with E-state index in [1.807, 2.05) is 0 Å². The number of hydrogen-bond donors (Lipinski definition) is 1. The Labute approximate surface area is 162 Å². The number of unbranched alkanes of at least 4 members (excludes halogenated alkanes) is 7. The second-order valence-electron chi connectivity index (χ2n) is 8.05. The van der Waals surface area contributed by atoms with E-state index in [0.29, 0.717) is 0 Å². The first-order valence-corrected chi connectivity index (χ1v) is 10.7. The molecule has 2 rings (SSSR count). The number of carbonyl (C=O) groups excluding carboxylic acids is 2. The summed E-state index contributed by atoms with van der Waals surface area (Å²) < 4.78 is 5.00. The molecular formula is C22H34O5. The van der Waals surface area contributed by atoms with Crippen LogP contribution in [-0.4, -0.2) is 23.0 Å². The first-order valence-electron chi connectivity index (χ1n) is 10.7. The van der Waals surface area contributed by atoms with Gasteiger partial charge in [0.25, 0.3) is 0 Å². The molecule has 2 aliphatic rings. The van der Waals surface area contributed by atoms with E-state index in [-0.39, 0.29) is 42.0 Å². The van der Waals surface area contributed by atoms with Crippen molar-refractivity contribution in [2.45, 2.75) is 84.0 Å². The van der Waals surface area contributed by atoms with E-state index in [9.17, 15) is 14.4 Å². The number of carboxylic acid groups (broad SMARTS) is 1. The molecule has 1 N–H and O–H groups in total. The van der Waals surface area contributed by atoms with Gasteiger partial charge in [0.2, 0.25) is 0 Å². The fourth-order valence-electron chi connectivity index (χ4n) is 4.48. The molecule has 0 radical (unpaired) electrons. The van der Waals surface area contributed by atoms with E-state index >= 15 is 0 Å². The zero-order valence-electron chi connectivity index (χ0n) is 16.5.